The molecule has 1 saturated heterocycles. The van der Waals surface area contributed by atoms with E-state index < -0.39 is 11.9 Å². The molecule has 17 heavy (non-hydrogen) atoms. The van der Waals surface area contributed by atoms with Crippen molar-refractivity contribution in [2.75, 3.05) is 13.2 Å². The van der Waals surface area contributed by atoms with Crippen molar-refractivity contribution in [3.63, 3.8) is 0 Å². The molecule has 0 aliphatic carbocycles. The minimum atomic E-state index is -0.627. The van der Waals surface area contributed by atoms with Gasteiger partial charge in [-0.05, 0) is 26.7 Å². The van der Waals surface area contributed by atoms with E-state index in [0.717, 1.165) is 5.57 Å². The average molecular weight is 240 g/mol. The molecule has 1 heterocycles. The minimum absolute atomic E-state index is 0.145. The van der Waals surface area contributed by atoms with Crippen molar-refractivity contribution in [2.45, 2.75) is 32.7 Å². The Hall–Kier alpha value is -1.36. The molecule has 2 amide bonds. The third-order valence-corrected chi connectivity index (χ3v) is 2.72. The number of hydrogen-bond donors (Lipinski definition) is 2. The predicted octanol–water partition coefficient (Wildman–Crippen LogP) is 0.349. The van der Waals surface area contributed by atoms with Crippen LogP contribution in [-0.4, -0.2) is 31.1 Å². The average Bonchev–Trinajstić information content (AvgIpc) is 2.76. The predicted molar refractivity (Wildman–Crippen MR) is 64.1 cm³/mol. The highest BCUT2D eigenvalue weighted by atomic mass is 16.5. The highest BCUT2D eigenvalue weighted by molar-refractivity contribution is 5.87. The lowest BCUT2D eigenvalue weighted by molar-refractivity contribution is -0.129. The number of rotatable bonds is 5. The zero-order valence-corrected chi connectivity index (χ0v) is 10.4. The molecule has 1 aliphatic heterocycles. The van der Waals surface area contributed by atoms with Gasteiger partial charge in [-0.3, -0.25) is 9.59 Å². The number of primary amides is 1. The van der Waals surface area contributed by atoms with Crippen molar-refractivity contribution < 1.29 is 14.3 Å². The molecule has 1 aliphatic rings. The van der Waals surface area contributed by atoms with Crippen LogP contribution in [-0.2, 0) is 14.3 Å². The fourth-order valence-electron chi connectivity index (χ4n) is 1.63. The summed E-state index contributed by atoms with van der Waals surface area (Å²) in [4.78, 5) is 23.0. The Balaban J connectivity index is 2.51. The second-order valence-corrected chi connectivity index (χ2v) is 4.54. The smallest absolute Gasteiger partial charge is 0.240 e. The molecule has 5 nitrogen and oxygen atoms in total. The molecular weight excluding hydrogens is 220 g/mol. The van der Waals surface area contributed by atoms with E-state index in [0.29, 0.717) is 26.1 Å². The summed E-state index contributed by atoms with van der Waals surface area (Å²) in [6, 6.07) is -0.627. The first-order valence-electron chi connectivity index (χ1n) is 5.81. The van der Waals surface area contributed by atoms with Crippen molar-refractivity contribution >= 4 is 11.8 Å². The molecule has 0 bridgehead atoms. The van der Waals surface area contributed by atoms with Gasteiger partial charge in [0.25, 0.3) is 0 Å². The highest BCUT2D eigenvalue weighted by Gasteiger charge is 2.26. The first-order chi connectivity index (χ1) is 8.00. The molecule has 0 saturated carbocycles. The van der Waals surface area contributed by atoms with E-state index >= 15 is 0 Å². The number of nitrogens with one attached hydrogen (secondary N) is 1. The van der Waals surface area contributed by atoms with Crippen LogP contribution in [0.3, 0.4) is 0 Å². The largest absolute Gasteiger partial charge is 0.381 e. The number of amides is 2. The SMILES string of the molecule is CC(C)=CC[C@@H](NC(=O)[C@@H]1CCOC1)C(N)=O. The van der Waals surface area contributed by atoms with Crippen LogP contribution in [0.5, 0.6) is 0 Å². The molecule has 3 N–H and O–H groups in total. The van der Waals surface area contributed by atoms with Gasteiger partial charge in [-0.2, -0.15) is 0 Å². The summed E-state index contributed by atoms with van der Waals surface area (Å²) in [7, 11) is 0. The van der Waals surface area contributed by atoms with Gasteiger partial charge in [0.15, 0.2) is 0 Å². The number of ether oxygens (including phenoxy) is 1. The third kappa shape index (κ3) is 4.56. The van der Waals surface area contributed by atoms with E-state index in [2.05, 4.69) is 5.32 Å². The zero-order valence-electron chi connectivity index (χ0n) is 10.4. The molecule has 5 heteroatoms. The summed E-state index contributed by atoms with van der Waals surface area (Å²) in [5.74, 6) is -0.799. The van der Waals surface area contributed by atoms with Gasteiger partial charge in [-0.15, -0.1) is 0 Å². The van der Waals surface area contributed by atoms with Gasteiger partial charge >= 0.3 is 0 Å². The molecule has 0 unspecified atom stereocenters. The summed E-state index contributed by atoms with van der Waals surface area (Å²) >= 11 is 0. The van der Waals surface area contributed by atoms with E-state index in [1.165, 1.54) is 0 Å². The van der Waals surface area contributed by atoms with Crippen LogP contribution in [0, 0.1) is 5.92 Å². The third-order valence-electron chi connectivity index (χ3n) is 2.72. The number of nitrogens with two attached hydrogens (primary N) is 1. The first kappa shape index (κ1) is 13.7. The van der Waals surface area contributed by atoms with Crippen molar-refractivity contribution in [1.29, 1.82) is 0 Å². The molecule has 96 valence electrons. The van der Waals surface area contributed by atoms with Gasteiger partial charge < -0.3 is 15.8 Å². The molecule has 2 atom stereocenters. The molecule has 0 spiro atoms. The van der Waals surface area contributed by atoms with Crippen molar-refractivity contribution in [3.8, 4) is 0 Å². The van der Waals surface area contributed by atoms with Crippen LogP contribution < -0.4 is 11.1 Å². The Morgan fingerprint density at radius 2 is 2.24 bits per heavy atom. The Bertz CT molecular complexity index is 316. The maximum Gasteiger partial charge on any atom is 0.240 e. The fourth-order valence-corrected chi connectivity index (χ4v) is 1.63. The molecule has 0 aromatic carbocycles. The lowest BCUT2D eigenvalue weighted by Crippen LogP contribution is -2.46. The van der Waals surface area contributed by atoms with Crippen molar-refractivity contribution in [2.24, 2.45) is 11.7 Å². The standard InChI is InChI=1S/C12H20N2O3/c1-8(2)3-4-10(11(13)15)14-12(16)9-5-6-17-7-9/h3,9-10H,4-7H2,1-2H3,(H2,13,15)(H,14,16)/t9-,10-/m1/s1. The van der Waals surface area contributed by atoms with Gasteiger partial charge in [0, 0.05) is 6.61 Å². The number of carbonyl (C=O) groups is 2. The topological polar surface area (TPSA) is 81.4 Å². The van der Waals surface area contributed by atoms with E-state index in [4.69, 9.17) is 10.5 Å². The van der Waals surface area contributed by atoms with Crippen molar-refractivity contribution in [1.82, 2.24) is 5.32 Å². The van der Waals surface area contributed by atoms with Crippen LogP contribution in [0.2, 0.25) is 0 Å². The van der Waals surface area contributed by atoms with E-state index in [-0.39, 0.29) is 11.8 Å². The highest BCUT2D eigenvalue weighted by Crippen LogP contribution is 2.12. The maximum absolute atomic E-state index is 11.8. The van der Waals surface area contributed by atoms with Gasteiger partial charge in [0.05, 0.1) is 12.5 Å². The summed E-state index contributed by atoms with van der Waals surface area (Å²) in [6.45, 7) is 4.91. The summed E-state index contributed by atoms with van der Waals surface area (Å²) < 4.78 is 5.13. The van der Waals surface area contributed by atoms with Crippen molar-refractivity contribution in [3.05, 3.63) is 11.6 Å². The lowest BCUT2D eigenvalue weighted by atomic mass is 10.1. The lowest BCUT2D eigenvalue weighted by Gasteiger charge is -2.16. The second-order valence-electron chi connectivity index (χ2n) is 4.54. The van der Waals surface area contributed by atoms with Crippen LogP contribution in [0.25, 0.3) is 0 Å². The maximum atomic E-state index is 11.8. The summed E-state index contributed by atoms with van der Waals surface area (Å²) in [5, 5.41) is 2.68. The van der Waals surface area contributed by atoms with E-state index in [1.54, 1.807) is 0 Å². The normalized spacial score (nSPS) is 20.7. The van der Waals surface area contributed by atoms with Crippen LogP contribution in [0.4, 0.5) is 0 Å². The van der Waals surface area contributed by atoms with Gasteiger partial charge in [-0.1, -0.05) is 11.6 Å². The van der Waals surface area contributed by atoms with Gasteiger partial charge in [0.2, 0.25) is 11.8 Å². The van der Waals surface area contributed by atoms with E-state index in [9.17, 15) is 9.59 Å². The van der Waals surface area contributed by atoms with Gasteiger partial charge in [0.1, 0.15) is 6.04 Å². The molecular formula is C12H20N2O3. The molecule has 1 fully saturated rings. The quantitative estimate of drug-likeness (QED) is 0.680. The zero-order chi connectivity index (χ0) is 12.8. The first-order valence-corrected chi connectivity index (χ1v) is 5.81. The summed E-state index contributed by atoms with van der Waals surface area (Å²) in [5.41, 5.74) is 6.35. The monoisotopic (exact) mass is 240 g/mol. The van der Waals surface area contributed by atoms with Crippen LogP contribution >= 0.6 is 0 Å². The van der Waals surface area contributed by atoms with Gasteiger partial charge in [-0.25, -0.2) is 0 Å². The van der Waals surface area contributed by atoms with E-state index in [1.807, 2.05) is 19.9 Å². The fraction of sp³-hybridized carbons (Fsp3) is 0.667. The second kappa shape index (κ2) is 6.39. The Labute approximate surface area is 101 Å². The summed E-state index contributed by atoms with van der Waals surface area (Å²) in [6.07, 6.45) is 3.04. The Morgan fingerprint density at radius 3 is 2.71 bits per heavy atom. The number of carbonyl (C=O) groups excluding carboxylic acids is 2. The molecule has 0 aromatic heterocycles. The molecule has 0 aromatic rings. The Kier molecular flexibility index (Phi) is 5.15. The van der Waals surface area contributed by atoms with Crippen LogP contribution in [0.1, 0.15) is 26.7 Å². The molecule has 0 radical (unpaired) electrons. The molecule has 1 rings (SSSR count). The Morgan fingerprint density at radius 1 is 1.53 bits per heavy atom. The number of allylic oxidation sites excluding steroid dienone is 1. The number of hydrogen-bond acceptors (Lipinski definition) is 3. The minimum Gasteiger partial charge on any atom is -0.381 e. The van der Waals surface area contributed by atoms with Crippen LogP contribution in [0.15, 0.2) is 11.6 Å².